The molecule has 2 aliphatic heterocycles. The SMILES string of the molecule is CC(=O)OC[C@]12[C@@H](OC(C)=O)C[C@H](C)[C@@]3(C[C@@H](c4ccoc4)OC3=O)[C@@H]1CCC[C@@]21CO1. The molecule has 174 valence electrons. The fourth-order valence-corrected chi connectivity index (χ4v) is 7.12. The van der Waals surface area contributed by atoms with Crippen molar-refractivity contribution < 1.29 is 37.7 Å². The number of fused-ring (bicyclic) bond motifs is 3. The van der Waals surface area contributed by atoms with Crippen molar-refractivity contribution in [1.82, 2.24) is 0 Å². The fourth-order valence-electron chi connectivity index (χ4n) is 7.12. The number of ether oxygens (including phenoxy) is 4. The van der Waals surface area contributed by atoms with Crippen molar-refractivity contribution in [2.75, 3.05) is 13.2 Å². The fraction of sp³-hybridized carbons (Fsp3) is 0.708. The number of esters is 3. The molecule has 8 heteroatoms. The van der Waals surface area contributed by atoms with Gasteiger partial charge in [0.05, 0.1) is 30.0 Å². The van der Waals surface area contributed by atoms with E-state index in [2.05, 4.69) is 0 Å². The first kappa shape index (κ1) is 21.5. The average molecular weight is 446 g/mol. The van der Waals surface area contributed by atoms with Crippen LogP contribution in [0.25, 0.3) is 0 Å². The number of hydrogen-bond acceptors (Lipinski definition) is 8. The maximum Gasteiger partial charge on any atom is 0.313 e. The summed E-state index contributed by atoms with van der Waals surface area (Å²) >= 11 is 0. The normalized spacial score (nSPS) is 42.4. The molecular formula is C24H30O8. The first-order chi connectivity index (χ1) is 15.2. The minimum atomic E-state index is -0.792. The molecule has 3 heterocycles. The molecule has 0 amide bonds. The van der Waals surface area contributed by atoms with Crippen LogP contribution in [0.3, 0.4) is 0 Å². The third-order valence-corrected chi connectivity index (χ3v) is 8.57. The van der Waals surface area contributed by atoms with Crippen LogP contribution in [-0.2, 0) is 33.3 Å². The van der Waals surface area contributed by atoms with Gasteiger partial charge in [0.15, 0.2) is 0 Å². The van der Waals surface area contributed by atoms with Crippen LogP contribution in [0.4, 0.5) is 0 Å². The van der Waals surface area contributed by atoms with Crippen molar-refractivity contribution in [3.8, 4) is 0 Å². The number of epoxide rings is 1. The summed E-state index contributed by atoms with van der Waals surface area (Å²) in [6, 6.07) is 1.82. The smallest absolute Gasteiger partial charge is 0.313 e. The van der Waals surface area contributed by atoms with Gasteiger partial charge in [-0.25, -0.2) is 0 Å². The van der Waals surface area contributed by atoms with Gasteiger partial charge in [-0.05, 0) is 37.2 Å². The van der Waals surface area contributed by atoms with E-state index in [0.29, 0.717) is 19.4 Å². The van der Waals surface area contributed by atoms with E-state index >= 15 is 0 Å². The molecule has 2 aliphatic carbocycles. The van der Waals surface area contributed by atoms with Gasteiger partial charge in [-0.1, -0.05) is 13.3 Å². The molecule has 1 aromatic rings. The Bertz CT molecular complexity index is 918. The number of hydrogen-bond donors (Lipinski definition) is 0. The molecule has 0 aromatic carbocycles. The van der Waals surface area contributed by atoms with Gasteiger partial charge in [0.25, 0.3) is 0 Å². The largest absolute Gasteiger partial charge is 0.472 e. The molecule has 0 radical (unpaired) electrons. The molecule has 1 aromatic heterocycles. The van der Waals surface area contributed by atoms with E-state index in [9.17, 15) is 14.4 Å². The Morgan fingerprint density at radius 1 is 1.25 bits per heavy atom. The van der Waals surface area contributed by atoms with Gasteiger partial charge in [-0.2, -0.15) is 0 Å². The Balaban J connectivity index is 1.62. The summed E-state index contributed by atoms with van der Waals surface area (Å²) in [7, 11) is 0. The predicted octanol–water partition coefficient (Wildman–Crippen LogP) is 3.34. The van der Waals surface area contributed by atoms with Crippen LogP contribution in [-0.4, -0.2) is 42.8 Å². The molecule has 4 fully saturated rings. The highest BCUT2D eigenvalue weighted by Crippen LogP contribution is 2.71. The Morgan fingerprint density at radius 2 is 2.03 bits per heavy atom. The molecule has 2 saturated heterocycles. The molecular weight excluding hydrogens is 416 g/mol. The summed E-state index contributed by atoms with van der Waals surface area (Å²) in [4.78, 5) is 37.7. The number of furan rings is 1. The zero-order chi connectivity index (χ0) is 22.7. The Labute approximate surface area is 186 Å². The van der Waals surface area contributed by atoms with Gasteiger partial charge in [0.1, 0.15) is 24.4 Å². The van der Waals surface area contributed by atoms with Crippen molar-refractivity contribution in [1.29, 1.82) is 0 Å². The third kappa shape index (κ3) is 2.87. The zero-order valence-corrected chi connectivity index (χ0v) is 18.8. The highest BCUT2D eigenvalue weighted by atomic mass is 16.6. The lowest BCUT2D eigenvalue weighted by atomic mass is 9.42. The lowest BCUT2D eigenvalue weighted by molar-refractivity contribution is -0.228. The van der Waals surface area contributed by atoms with Crippen LogP contribution < -0.4 is 0 Å². The van der Waals surface area contributed by atoms with E-state index in [1.807, 2.05) is 13.0 Å². The van der Waals surface area contributed by atoms with Gasteiger partial charge >= 0.3 is 17.9 Å². The van der Waals surface area contributed by atoms with Crippen LogP contribution in [0.5, 0.6) is 0 Å². The second-order valence-corrected chi connectivity index (χ2v) is 9.98. The summed E-state index contributed by atoms with van der Waals surface area (Å²) in [6.07, 6.45) is 5.72. The van der Waals surface area contributed by atoms with E-state index in [4.69, 9.17) is 23.4 Å². The summed E-state index contributed by atoms with van der Waals surface area (Å²) in [6.45, 7) is 5.37. The van der Waals surface area contributed by atoms with E-state index in [-0.39, 0.29) is 30.4 Å². The lowest BCUT2D eigenvalue weighted by Gasteiger charge is -2.61. The number of carbonyl (C=O) groups is 3. The number of cyclic esters (lactones) is 1. The maximum atomic E-state index is 13.7. The summed E-state index contributed by atoms with van der Waals surface area (Å²) in [5, 5.41) is 0. The predicted molar refractivity (Wildman–Crippen MR) is 109 cm³/mol. The minimum absolute atomic E-state index is 0.0586. The zero-order valence-electron chi connectivity index (χ0n) is 18.8. The van der Waals surface area contributed by atoms with Gasteiger partial charge in [0, 0.05) is 25.8 Å². The monoisotopic (exact) mass is 446 g/mol. The van der Waals surface area contributed by atoms with Crippen LogP contribution in [0.15, 0.2) is 23.0 Å². The van der Waals surface area contributed by atoms with E-state index in [0.717, 1.165) is 24.8 Å². The molecule has 0 N–H and O–H groups in total. The standard InChI is InChI=1S/C24H30O8/c1-14-9-20(31-16(3)26)24(13-29-15(2)25)19(5-4-7-22(24)12-30-22)23(14)10-18(32-21(23)27)17-6-8-28-11-17/h6,8,11,14,18-20H,4-5,7,9-10,12-13H2,1-3H3/t14-,18-,19-,20-,22+,23-,24+/m0/s1. The lowest BCUT2D eigenvalue weighted by Crippen LogP contribution is -2.68. The van der Waals surface area contributed by atoms with E-state index in [1.165, 1.54) is 13.8 Å². The molecule has 7 atom stereocenters. The molecule has 32 heavy (non-hydrogen) atoms. The second kappa shape index (κ2) is 7.33. The van der Waals surface area contributed by atoms with Crippen molar-refractivity contribution in [2.24, 2.45) is 22.7 Å². The van der Waals surface area contributed by atoms with E-state index in [1.54, 1.807) is 12.5 Å². The quantitative estimate of drug-likeness (QED) is 0.394. The molecule has 4 aliphatic rings. The summed E-state index contributed by atoms with van der Waals surface area (Å²) < 4.78 is 28.8. The third-order valence-electron chi connectivity index (χ3n) is 8.57. The van der Waals surface area contributed by atoms with Crippen LogP contribution in [0.1, 0.15) is 64.5 Å². The van der Waals surface area contributed by atoms with Crippen molar-refractivity contribution in [3.63, 3.8) is 0 Å². The first-order valence-electron chi connectivity index (χ1n) is 11.4. The molecule has 0 bridgehead atoms. The van der Waals surface area contributed by atoms with Crippen molar-refractivity contribution in [2.45, 2.75) is 70.7 Å². The van der Waals surface area contributed by atoms with Gasteiger partial charge < -0.3 is 23.4 Å². The molecule has 2 saturated carbocycles. The highest BCUT2D eigenvalue weighted by molar-refractivity contribution is 5.81. The van der Waals surface area contributed by atoms with Crippen LogP contribution >= 0.6 is 0 Å². The number of carbonyl (C=O) groups excluding carboxylic acids is 3. The van der Waals surface area contributed by atoms with Crippen molar-refractivity contribution >= 4 is 17.9 Å². The number of rotatable bonds is 4. The summed E-state index contributed by atoms with van der Waals surface area (Å²) in [5.41, 5.74) is -1.30. The van der Waals surface area contributed by atoms with Crippen LogP contribution in [0.2, 0.25) is 0 Å². The van der Waals surface area contributed by atoms with E-state index < -0.39 is 34.6 Å². The maximum absolute atomic E-state index is 13.7. The molecule has 8 nitrogen and oxygen atoms in total. The second-order valence-electron chi connectivity index (χ2n) is 9.98. The Morgan fingerprint density at radius 3 is 2.66 bits per heavy atom. The minimum Gasteiger partial charge on any atom is -0.472 e. The Hall–Kier alpha value is -2.35. The topological polar surface area (TPSA) is 105 Å². The average Bonchev–Trinajstić information content (AvgIpc) is 3.16. The van der Waals surface area contributed by atoms with Gasteiger partial charge in [0.2, 0.25) is 0 Å². The first-order valence-corrected chi connectivity index (χ1v) is 11.4. The Kier molecular flexibility index (Phi) is 4.93. The van der Waals surface area contributed by atoms with Gasteiger partial charge in [-0.15, -0.1) is 0 Å². The molecule has 5 rings (SSSR count). The van der Waals surface area contributed by atoms with Gasteiger partial charge in [-0.3, -0.25) is 14.4 Å². The molecule has 2 spiro atoms. The molecule has 0 unspecified atom stereocenters. The highest BCUT2D eigenvalue weighted by Gasteiger charge is 2.78. The summed E-state index contributed by atoms with van der Waals surface area (Å²) in [5.74, 6) is -1.30. The van der Waals surface area contributed by atoms with Crippen LogP contribution in [0, 0.1) is 22.7 Å². The van der Waals surface area contributed by atoms with Crippen molar-refractivity contribution in [3.05, 3.63) is 24.2 Å².